The van der Waals surface area contributed by atoms with Crippen LogP contribution in [0, 0.1) is 11.8 Å². The van der Waals surface area contributed by atoms with Gasteiger partial charge in [0.2, 0.25) is 35.4 Å². The maximum absolute atomic E-state index is 13.6. The lowest BCUT2D eigenvalue weighted by Gasteiger charge is -2.32. The summed E-state index contributed by atoms with van der Waals surface area (Å²) in [5.41, 5.74) is 10.8. The van der Waals surface area contributed by atoms with E-state index in [1.54, 1.807) is 13.8 Å². The minimum Gasteiger partial charge on any atom is -0.480 e. The number of rotatable bonds is 19. The summed E-state index contributed by atoms with van der Waals surface area (Å²) in [7, 11) is 0. The summed E-state index contributed by atoms with van der Waals surface area (Å²) in [5.74, 6) is -6.86. The van der Waals surface area contributed by atoms with Gasteiger partial charge >= 0.3 is 5.97 Å². The standard InChI is InChI=1S/C28H49N7O10/c1-14(2)11-18(28(44)45)32-25(41)19(12-36)34-24(40)17(9-10-21(30)38)31-27(43)22(16-7-5-4-6-8-16)35-26(42)20(13-37)33-23(39)15(3)29/h14-20,22,36-37H,4-13,29H2,1-3H3,(H2,30,38)(H,31,43)(H,32,41)(H,33,39)(H,34,40)(H,35,42)(H,44,45)/t15-,17-,18-,19-,20-,22-/m0/s1. The van der Waals surface area contributed by atoms with Gasteiger partial charge in [-0.25, -0.2) is 4.79 Å². The van der Waals surface area contributed by atoms with Gasteiger partial charge in [-0.05, 0) is 44.4 Å². The number of hydrogen-bond donors (Lipinski definition) is 10. The Bertz CT molecular complexity index is 1050. The number of hydrogen-bond acceptors (Lipinski definition) is 10. The third-order valence-corrected chi connectivity index (χ3v) is 7.38. The number of aliphatic hydroxyl groups excluding tert-OH is 2. The number of aliphatic hydroxyl groups is 2. The summed E-state index contributed by atoms with van der Waals surface area (Å²) in [6.45, 7) is 3.21. The van der Waals surface area contributed by atoms with Crippen molar-refractivity contribution >= 4 is 41.4 Å². The predicted molar refractivity (Wildman–Crippen MR) is 160 cm³/mol. The number of amides is 6. The van der Waals surface area contributed by atoms with Gasteiger partial charge in [0.1, 0.15) is 30.2 Å². The van der Waals surface area contributed by atoms with Gasteiger partial charge in [-0.1, -0.05) is 33.1 Å². The molecule has 1 aliphatic rings. The third kappa shape index (κ3) is 13.8. The van der Waals surface area contributed by atoms with Crippen LogP contribution >= 0.6 is 0 Å². The lowest BCUT2D eigenvalue weighted by atomic mass is 9.83. The van der Waals surface area contributed by atoms with Gasteiger partial charge < -0.3 is 53.4 Å². The lowest BCUT2D eigenvalue weighted by molar-refractivity contribution is -0.143. The fourth-order valence-electron chi connectivity index (χ4n) is 4.86. The number of carboxylic acid groups (broad SMARTS) is 1. The van der Waals surface area contributed by atoms with Crippen LogP contribution in [0.1, 0.15) is 72.1 Å². The summed E-state index contributed by atoms with van der Waals surface area (Å²) in [6.07, 6.45) is 3.00. The smallest absolute Gasteiger partial charge is 0.326 e. The summed E-state index contributed by atoms with van der Waals surface area (Å²) >= 11 is 0. The molecule has 1 rings (SSSR count). The second-order valence-corrected chi connectivity index (χ2v) is 11.8. The van der Waals surface area contributed by atoms with Crippen LogP contribution in [-0.4, -0.2) is 106 Å². The van der Waals surface area contributed by atoms with E-state index in [-0.39, 0.29) is 31.1 Å². The SMILES string of the molecule is CC(C)C[C@H](NC(=O)[C@H](CO)NC(=O)[C@H](CCC(N)=O)NC(=O)[C@@H](NC(=O)[C@H](CO)NC(=O)[C@H](C)N)C1CCCCC1)C(=O)O. The van der Waals surface area contributed by atoms with Gasteiger partial charge in [0.15, 0.2) is 0 Å². The lowest BCUT2D eigenvalue weighted by Crippen LogP contribution is -2.61. The Labute approximate surface area is 262 Å². The van der Waals surface area contributed by atoms with E-state index in [0.717, 1.165) is 19.3 Å². The van der Waals surface area contributed by atoms with Gasteiger partial charge in [-0.2, -0.15) is 0 Å². The Kier molecular flexibility index (Phi) is 17.0. The molecule has 1 aliphatic carbocycles. The molecule has 0 unspecified atom stereocenters. The van der Waals surface area contributed by atoms with Crippen LogP contribution in [0.5, 0.6) is 0 Å². The van der Waals surface area contributed by atoms with Crippen molar-refractivity contribution in [2.24, 2.45) is 23.3 Å². The Morgan fingerprint density at radius 1 is 0.689 bits per heavy atom. The molecule has 1 saturated carbocycles. The second kappa shape index (κ2) is 19.5. The molecule has 6 atom stereocenters. The first-order valence-electron chi connectivity index (χ1n) is 15.1. The summed E-state index contributed by atoms with van der Waals surface area (Å²) in [6, 6.07) is -7.91. The molecule has 0 aliphatic heterocycles. The maximum Gasteiger partial charge on any atom is 0.326 e. The normalized spacial score (nSPS) is 17.5. The van der Waals surface area contributed by atoms with Crippen molar-refractivity contribution in [3.8, 4) is 0 Å². The topological polar surface area (TPSA) is 292 Å². The van der Waals surface area contributed by atoms with Crippen molar-refractivity contribution in [3.63, 3.8) is 0 Å². The monoisotopic (exact) mass is 643 g/mol. The first kappa shape index (κ1) is 39.2. The summed E-state index contributed by atoms with van der Waals surface area (Å²) in [5, 5.41) is 40.8. The molecule has 17 heteroatoms. The maximum atomic E-state index is 13.6. The quantitative estimate of drug-likeness (QED) is 0.0665. The highest BCUT2D eigenvalue weighted by molar-refractivity contribution is 5.96. The van der Waals surface area contributed by atoms with Crippen LogP contribution in [-0.2, 0) is 33.6 Å². The second-order valence-electron chi connectivity index (χ2n) is 11.8. The predicted octanol–water partition coefficient (Wildman–Crippen LogP) is -3.28. The van der Waals surface area contributed by atoms with Gasteiger partial charge in [0, 0.05) is 6.42 Å². The van der Waals surface area contributed by atoms with Crippen LogP contribution in [0.25, 0.3) is 0 Å². The molecule has 0 aromatic rings. The zero-order valence-corrected chi connectivity index (χ0v) is 26.0. The molecule has 0 saturated heterocycles. The molecule has 1 fully saturated rings. The van der Waals surface area contributed by atoms with Gasteiger partial charge in [0.25, 0.3) is 0 Å². The van der Waals surface area contributed by atoms with Gasteiger partial charge in [0.05, 0.1) is 19.3 Å². The van der Waals surface area contributed by atoms with Crippen LogP contribution in [0.2, 0.25) is 0 Å². The highest BCUT2D eigenvalue weighted by atomic mass is 16.4. The van der Waals surface area contributed by atoms with Crippen molar-refractivity contribution in [1.82, 2.24) is 26.6 Å². The van der Waals surface area contributed by atoms with E-state index in [9.17, 15) is 48.9 Å². The van der Waals surface area contributed by atoms with Crippen LogP contribution in [0.3, 0.4) is 0 Å². The molecule has 0 radical (unpaired) electrons. The summed E-state index contributed by atoms with van der Waals surface area (Å²) in [4.78, 5) is 87.8. The first-order chi connectivity index (χ1) is 21.1. The number of aliphatic carboxylic acids is 1. The van der Waals surface area contributed by atoms with Gasteiger partial charge in [-0.15, -0.1) is 0 Å². The number of primary amides is 1. The van der Waals surface area contributed by atoms with Crippen molar-refractivity contribution in [2.45, 2.75) is 108 Å². The van der Waals surface area contributed by atoms with Crippen molar-refractivity contribution < 1.29 is 48.9 Å². The minimum atomic E-state index is -1.59. The van der Waals surface area contributed by atoms with Crippen molar-refractivity contribution in [2.75, 3.05) is 13.2 Å². The fourth-order valence-corrected chi connectivity index (χ4v) is 4.86. The molecular formula is C28H49N7O10. The molecule has 45 heavy (non-hydrogen) atoms. The molecule has 256 valence electrons. The number of nitrogens with one attached hydrogen (secondary N) is 5. The Morgan fingerprint density at radius 2 is 1.16 bits per heavy atom. The molecule has 12 N–H and O–H groups in total. The highest BCUT2D eigenvalue weighted by Crippen LogP contribution is 2.27. The van der Waals surface area contributed by atoms with Gasteiger partial charge in [-0.3, -0.25) is 28.8 Å². The summed E-state index contributed by atoms with van der Waals surface area (Å²) < 4.78 is 0. The average Bonchev–Trinajstić information content (AvgIpc) is 2.98. The van der Waals surface area contributed by atoms with E-state index in [2.05, 4.69) is 26.6 Å². The Hall–Kier alpha value is -3.83. The number of carbonyl (C=O) groups is 7. The molecule has 17 nitrogen and oxygen atoms in total. The number of carbonyl (C=O) groups excluding carboxylic acids is 6. The van der Waals surface area contributed by atoms with Crippen molar-refractivity contribution in [1.29, 1.82) is 0 Å². The van der Waals surface area contributed by atoms with E-state index in [1.165, 1.54) is 6.92 Å². The number of carboxylic acids is 1. The van der Waals surface area contributed by atoms with E-state index < -0.39 is 90.9 Å². The highest BCUT2D eigenvalue weighted by Gasteiger charge is 2.36. The van der Waals surface area contributed by atoms with E-state index in [0.29, 0.717) is 12.8 Å². The molecule has 0 heterocycles. The van der Waals surface area contributed by atoms with Crippen LogP contribution in [0.4, 0.5) is 0 Å². The number of nitrogens with two attached hydrogens (primary N) is 2. The van der Waals surface area contributed by atoms with E-state index in [1.807, 2.05) is 0 Å². The molecule has 0 bridgehead atoms. The zero-order chi connectivity index (χ0) is 34.3. The molecular weight excluding hydrogens is 594 g/mol. The minimum absolute atomic E-state index is 0.0881. The Balaban J connectivity index is 3.18. The third-order valence-electron chi connectivity index (χ3n) is 7.38. The molecule has 0 aromatic carbocycles. The molecule has 6 amide bonds. The average molecular weight is 644 g/mol. The van der Waals surface area contributed by atoms with E-state index in [4.69, 9.17) is 11.5 Å². The first-order valence-corrected chi connectivity index (χ1v) is 15.1. The fraction of sp³-hybridized carbons (Fsp3) is 0.750. The molecule has 0 aromatic heterocycles. The van der Waals surface area contributed by atoms with Crippen LogP contribution in [0.15, 0.2) is 0 Å². The van der Waals surface area contributed by atoms with E-state index >= 15 is 0 Å². The molecule has 0 spiro atoms. The Morgan fingerprint density at radius 3 is 1.62 bits per heavy atom. The zero-order valence-electron chi connectivity index (χ0n) is 26.0. The van der Waals surface area contributed by atoms with Crippen LogP contribution < -0.4 is 38.1 Å². The van der Waals surface area contributed by atoms with Crippen molar-refractivity contribution in [3.05, 3.63) is 0 Å². The largest absolute Gasteiger partial charge is 0.480 e.